The Morgan fingerprint density at radius 2 is 2.17 bits per heavy atom. The molecule has 1 fully saturated rings. The van der Waals surface area contributed by atoms with Crippen LogP contribution in [0.1, 0.15) is 35.6 Å². The van der Waals surface area contributed by atoms with E-state index in [2.05, 4.69) is 20.4 Å². The molecule has 0 saturated carbocycles. The number of carbonyl (C=O) groups excluding carboxylic acids is 1. The summed E-state index contributed by atoms with van der Waals surface area (Å²) in [6, 6.07) is 0. The predicted molar refractivity (Wildman–Crippen MR) is 92.9 cm³/mol. The van der Waals surface area contributed by atoms with Crippen molar-refractivity contribution in [1.29, 1.82) is 0 Å². The van der Waals surface area contributed by atoms with E-state index in [4.69, 9.17) is 4.52 Å². The van der Waals surface area contributed by atoms with Crippen LogP contribution < -0.4 is 0 Å². The van der Waals surface area contributed by atoms with Crippen LogP contribution in [0.5, 0.6) is 0 Å². The topological polar surface area (TPSA) is 62.5 Å². The molecule has 0 N–H and O–H groups in total. The highest BCUT2D eigenvalue weighted by atomic mass is 32.1. The standard InChI is InChI=1S/C17H24N4O2S/c1-13-16(14(2)23-19-13)4-5-17(22)21-7-3-6-20(8-9-21)10-15-11-24-12-18-15/h11-12H,3-10H2,1-2H3. The molecule has 130 valence electrons. The van der Waals surface area contributed by atoms with Crippen LogP contribution in [0.4, 0.5) is 0 Å². The van der Waals surface area contributed by atoms with Gasteiger partial charge in [0.05, 0.1) is 16.9 Å². The Bertz CT molecular complexity index is 649. The highest BCUT2D eigenvalue weighted by molar-refractivity contribution is 7.07. The van der Waals surface area contributed by atoms with Crippen molar-refractivity contribution in [2.24, 2.45) is 0 Å². The molecule has 0 unspecified atom stereocenters. The van der Waals surface area contributed by atoms with Gasteiger partial charge in [-0.2, -0.15) is 0 Å². The maximum atomic E-state index is 12.5. The molecular weight excluding hydrogens is 324 g/mol. The van der Waals surface area contributed by atoms with Crippen LogP contribution in [0, 0.1) is 13.8 Å². The first-order chi connectivity index (χ1) is 11.6. The maximum Gasteiger partial charge on any atom is 0.222 e. The lowest BCUT2D eigenvalue weighted by atomic mass is 10.1. The summed E-state index contributed by atoms with van der Waals surface area (Å²) in [6.45, 7) is 8.28. The Morgan fingerprint density at radius 1 is 1.29 bits per heavy atom. The van der Waals surface area contributed by atoms with Crippen molar-refractivity contribution in [3.8, 4) is 0 Å². The number of hydrogen-bond donors (Lipinski definition) is 0. The van der Waals surface area contributed by atoms with Gasteiger partial charge in [0.15, 0.2) is 0 Å². The van der Waals surface area contributed by atoms with Gasteiger partial charge >= 0.3 is 0 Å². The van der Waals surface area contributed by atoms with Gasteiger partial charge in [-0.3, -0.25) is 9.69 Å². The van der Waals surface area contributed by atoms with Crippen LogP contribution in [0.25, 0.3) is 0 Å². The van der Waals surface area contributed by atoms with E-state index < -0.39 is 0 Å². The zero-order valence-corrected chi connectivity index (χ0v) is 15.1. The van der Waals surface area contributed by atoms with E-state index in [0.717, 1.165) is 61.9 Å². The average molecular weight is 348 g/mol. The van der Waals surface area contributed by atoms with Gasteiger partial charge in [0, 0.05) is 50.1 Å². The molecule has 0 aromatic carbocycles. The first-order valence-corrected chi connectivity index (χ1v) is 9.36. The fourth-order valence-corrected chi connectivity index (χ4v) is 3.72. The second-order valence-electron chi connectivity index (χ2n) is 6.29. The Morgan fingerprint density at radius 3 is 2.88 bits per heavy atom. The molecule has 0 aliphatic carbocycles. The number of aromatic nitrogens is 2. The summed E-state index contributed by atoms with van der Waals surface area (Å²) >= 11 is 1.63. The smallest absolute Gasteiger partial charge is 0.222 e. The Hall–Kier alpha value is -1.73. The fraction of sp³-hybridized carbons (Fsp3) is 0.588. The lowest BCUT2D eigenvalue weighted by Gasteiger charge is -2.21. The van der Waals surface area contributed by atoms with E-state index in [0.29, 0.717) is 12.8 Å². The van der Waals surface area contributed by atoms with Gasteiger partial charge in [-0.15, -0.1) is 11.3 Å². The summed E-state index contributed by atoms with van der Waals surface area (Å²) in [7, 11) is 0. The molecule has 1 amide bonds. The molecule has 7 heteroatoms. The van der Waals surface area contributed by atoms with Gasteiger partial charge in [-0.25, -0.2) is 4.98 Å². The van der Waals surface area contributed by atoms with Crippen LogP contribution in [-0.2, 0) is 17.8 Å². The number of aryl methyl sites for hydroxylation is 2. The summed E-state index contributed by atoms with van der Waals surface area (Å²) in [6.07, 6.45) is 2.25. The lowest BCUT2D eigenvalue weighted by molar-refractivity contribution is -0.131. The Kier molecular flexibility index (Phi) is 5.63. The van der Waals surface area contributed by atoms with E-state index in [1.54, 1.807) is 11.3 Å². The molecular formula is C17H24N4O2S. The number of hydrogen-bond acceptors (Lipinski definition) is 6. The summed E-state index contributed by atoms with van der Waals surface area (Å²) in [5.41, 5.74) is 4.96. The molecule has 2 aromatic heterocycles. The molecule has 0 bridgehead atoms. The molecule has 6 nitrogen and oxygen atoms in total. The maximum absolute atomic E-state index is 12.5. The monoisotopic (exact) mass is 348 g/mol. The van der Waals surface area contributed by atoms with E-state index in [9.17, 15) is 4.79 Å². The molecule has 3 heterocycles. The van der Waals surface area contributed by atoms with Crippen molar-refractivity contribution in [2.75, 3.05) is 26.2 Å². The van der Waals surface area contributed by atoms with Gasteiger partial charge < -0.3 is 9.42 Å². The summed E-state index contributed by atoms with van der Waals surface area (Å²) in [5.74, 6) is 1.05. The van der Waals surface area contributed by atoms with Gasteiger partial charge in [-0.05, 0) is 26.7 Å². The van der Waals surface area contributed by atoms with Crippen molar-refractivity contribution < 1.29 is 9.32 Å². The van der Waals surface area contributed by atoms with Crippen LogP contribution in [0.3, 0.4) is 0 Å². The Balaban J connectivity index is 1.49. The molecule has 0 spiro atoms. The zero-order chi connectivity index (χ0) is 16.9. The summed E-state index contributed by atoms with van der Waals surface area (Å²) in [4.78, 5) is 21.3. The number of carbonyl (C=O) groups is 1. The molecule has 0 radical (unpaired) electrons. The van der Waals surface area contributed by atoms with Crippen molar-refractivity contribution >= 4 is 17.2 Å². The molecule has 1 saturated heterocycles. The molecule has 2 aromatic rings. The van der Waals surface area contributed by atoms with E-state index >= 15 is 0 Å². The van der Waals surface area contributed by atoms with Crippen molar-refractivity contribution in [3.63, 3.8) is 0 Å². The van der Waals surface area contributed by atoms with Crippen LogP contribution in [-0.4, -0.2) is 52.0 Å². The molecule has 24 heavy (non-hydrogen) atoms. The number of rotatable bonds is 5. The van der Waals surface area contributed by atoms with Crippen molar-refractivity contribution in [3.05, 3.63) is 33.6 Å². The normalized spacial score (nSPS) is 16.3. The quantitative estimate of drug-likeness (QED) is 0.830. The van der Waals surface area contributed by atoms with Gasteiger partial charge in [0.1, 0.15) is 5.76 Å². The second kappa shape index (κ2) is 7.90. The molecule has 0 atom stereocenters. The SMILES string of the molecule is Cc1noc(C)c1CCC(=O)N1CCCN(Cc2cscn2)CC1. The minimum Gasteiger partial charge on any atom is -0.361 e. The number of thiazole rings is 1. The highest BCUT2D eigenvalue weighted by Crippen LogP contribution is 2.16. The van der Waals surface area contributed by atoms with Gasteiger partial charge in [0.2, 0.25) is 5.91 Å². The van der Waals surface area contributed by atoms with Crippen molar-refractivity contribution in [1.82, 2.24) is 19.9 Å². The van der Waals surface area contributed by atoms with E-state index in [1.807, 2.05) is 24.3 Å². The zero-order valence-electron chi connectivity index (χ0n) is 14.3. The van der Waals surface area contributed by atoms with E-state index in [1.165, 1.54) is 0 Å². The first kappa shape index (κ1) is 17.1. The van der Waals surface area contributed by atoms with Crippen molar-refractivity contribution in [2.45, 2.75) is 39.7 Å². The minimum atomic E-state index is 0.227. The van der Waals surface area contributed by atoms with E-state index in [-0.39, 0.29) is 5.91 Å². The Labute approximate surface area is 146 Å². The third-order valence-electron chi connectivity index (χ3n) is 4.58. The third kappa shape index (κ3) is 4.21. The summed E-state index contributed by atoms with van der Waals surface area (Å²) in [5, 5.41) is 6.05. The largest absolute Gasteiger partial charge is 0.361 e. The molecule has 3 rings (SSSR count). The highest BCUT2D eigenvalue weighted by Gasteiger charge is 2.20. The summed E-state index contributed by atoms with van der Waals surface area (Å²) < 4.78 is 5.17. The average Bonchev–Trinajstić information content (AvgIpc) is 3.10. The molecule has 1 aliphatic rings. The van der Waals surface area contributed by atoms with Gasteiger partial charge in [-0.1, -0.05) is 5.16 Å². The third-order valence-corrected chi connectivity index (χ3v) is 5.22. The minimum absolute atomic E-state index is 0.227. The van der Waals surface area contributed by atoms with Crippen LogP contribution >= 0.6 is 11.3 Å². The van der Waals surface area contributed by atoms with Crippen LogP contribution in [0.2, 0.25) is 0 Å². The predicted octanol–water partition coefficient (Wildman–Crippen LogP) is 2.42. The molecule has 1 aliphatic heterocycles. The van der Waals surface area contributed by atoms with Gasteiger partial charge in [0.25, 0.3) is 0 Å². The second-order valence-corrected chi connectivity index (χ2v) is 7.01. The number of amides is 1. The van der Waals surface area contributed by atoms with Crippen LogP contribution in [0.15, 0.2) is 15.4 Å². The number of nitrogens with zero attached hydrogens (tertiary/aromatic N) is 4. The first-order valence-electron chi connectivity index (χ1n) is 8.42. The fourth-order valence-electron chi connectivity index (χ4n) is 3.17. The lowest BCUT2D eigenvalue weighted by Crippen LogP contribution is -2.35.